The maximum Gasteiger partial charge on any atom is 0.222 e. The van der Waals surface area contributed by atoms with Gasteiger partial charge in [0.2, 0.25) is 5.91 Å². The lowest BCUT2D eigenvalue weighted by atomic mass is 10.1. The first-order chi connectivity index (χ1) is 8.49. The van der Waals surface area contributed by atoms with E-state index in [9.17, 15) is 9.59 Å². The molecule has 0 bridgehead atoms. The van der Waals surface area contributed by atoms with Gasteiger partial charge in [-0.2, -0.15) is 0 Å². The molecule has 0 aliphatic carbocycles. The van der Waals surface area contributed by atoms with E-state index in [1.807, 2.05) is 18.7 Å². The van der Waals surface area contributed by atoms with E-state index in [-0.39, 0.29) is 17.1 Å². The van der Waals surface area contributed by atoms with E-state index in [0.29, 0.717) is 18.9 Å². The van der Waals surface area contributed by atoms with Crippen molar-refractivity contribution in [2.75, 3.05) is 25.4 Å². The Labute approximate surface area is 113 Å². The number of likely N-dealkylation sites (tertiary alicyclic amines) is 1. The molecule has 1 aliphatic heterocycles. The summed E-state index contributed by atoms with van der Waals surface area (Å²) in [6, 6.07) is 0. The van der Waals surface area contributed by atoms with Crippen molar-refractivity contribution in [2.45, 2.75) is 39.7 Å². The number of nitrogens with zero attached hydrogens (tertiary/aromatic N) is 1. The lowest BCUT2D eigenvalue weighted by molar-refractivity contribution is -0.127. The molecule has 1 unspecified atom stereocenters. The van der Waals surface area contributed by atoms with Crippen molar-refractivity contribution in [1.82, 2.24) is 4.90 Å². The van der Waals surface area contributed by atoms with Crippen molar-refractivity contribution in [3.63, 3.8) is 0 Å². The van der Waals surface area contributed by atoms with Gasteiger partial charge < -0.3 is 9.64 Å². The highest BCUT2D eigenvalue weighted by Crippen LogP contribution is 2.22. The Bertz CT molecular complexity index is 294. The quantitative estimate of drug-likeness (QED) is 0.665. The van der Waals surface area contributed by atoms with Gasteiger partial charge in [-0.05, 0) is 26.2 Å². The second kappa shape index (κ2) is 7.79. The normalized spacial score (nSPS) is 19.9. The lowest BCUT2D eigenvalue weighted by Crippen LogP contribution is -2.27. The van der Waals surface area contributed by atoms with E-state index >= 15 is 0 Å². The molecular formula is C13H23NO3S. The summed E-state index contributed by atoms with van der Waals surface area (Å²) in [6.45, 7) is 7.86. The molecular weight excluding hydrogens is 250 g/mol. The number of hydrogen-bond donors (Lipinski definition) is 0. The SMILES string of the molecule is CC(=O)SCC1CC(=O)N(CCCOC(C)C)C1. The third kappa shape index (κ3) is 5.87. The van der Waals surface area contributed by atoms with Crippen LogP contribution in [-0.2, 0) is 14.3 Å². The number of rotatable bonds is 7. The van der Waals surface area contributed by atoms with Crippen molar-refractivity contribution in [2.24, 2.45) is 5.92 Å². The second-order valence-corrected chi connectivity index (χ2v) is 6.18. The monoisotopic (exact) mass is 273 g/mol. The zero-order valence-corrected chi connectivity index (χ0v) is 12.3. The third-order valence-electron chi connectivity index (χ3n) is 2.84. The number of carbonyl (C=O) groups is 2. The third-order valence-corrected chi connectivity index (χ3v) is 3.89. The van der Waals surface area contributed by atoms with E-state index in [2.05, 4.69) is 0 Å². The van der Waals surface area contributed by atoms with Crippen molar-refractivity contribution in [1.29, 1.82) is 0 Å². The van der Waals surface area contributed by atoms with Crippen LogP contribution in [0.1, 0.15) is 33.6 Å². The lowest BCUT2D eigenvalue weighted by Gasteiger charge is -2.17. The van der Waals surface area contributed by atoms with Crippen molar-refractivity contribution in [3.05, 3.63) is 0 Å². The molecule has 18 heavy (non-hydrogen) atoms. The average molecular weight is 273 g/mol. The molecule has 5 heteroatoms. The number of carbonyl (C=O) groups excluding carboxylic acids is 2. The molecule has 4 nitrogen and oxygen atoms in total. The molecule has 1 amide bonds. The van der Waals surface area contributed by atoms with Gasteiger partial charge in [0.05, 0.1) is 6.10 Å². The second-order valence-electron chi connectivity index (χ2n) is 4.99. The topological polar surface area (TPSA) is 46.6 Å². The largest absolute Gasteiger partial charge is 0.379 e. The van der Waals surface area contributed by atoms with Crippen LogP contribution in [0.25, 0.3) is 0 Å². The summed E-state index contributed by atoms with van der Waals surface area (Å²) < 4.78 is 5.46. The number of hydrogen-bond acceptors (Lipinski definition) is 4. The van der Waals surface area contributed by atoms with Crippen LogP contribution in [0.4, 0.5) is 0 Å². The van der Waals surface area contributed by atoms with E-state index in [1.165, 1.54) is 11.8 Å². The fourth-order valence-electron chi connectivity index (χ4n) is 1.99. The maximum atomic E-state index is 11.7. The van der Waals surface area contributed by atoms with Crippen LogP contribution in [0.3, 0.4) is 0 Å². The Morgan fingerprint density at radius 3 is 2.89 bits per heavy atom. The Morgan fingerprint density at radius 1 is 1.56 bits per heavy atom. The molecule has 1 rings (SSSR count). The fraction of sp³-hybridized carbons (Fsp3) is 0.846. The molecule has 1 atom stereocenters. The Morgan fingerprint density at radius 2 is 2.28 bits per heavy atom. The Hall–Kier alpha value is -0.550. The van der Waals surface area contributed by atoms with E-state index in [0.717, 1.165) is 25.3 Å². The van der Waals surface area contributed by atoms with Crippen LogP contribution < -0.4 is 0 Å². The standard InChI is InChI=1S/C13H23NO3S/c1-10(2)17-6-4-5-14-8-12(7-13(14)16)9-18-11(3)15/h10,12H,4-9H2,1-3H3. The van der Waals surface area contributed by atoms with Crippen LogP contribution >= 0.6 is 11.8 Å². The van der Waals surface area contributed by atoms with Crippen LogP contribution in [0, 0.1) is 5.92 Å². The van der Waals surface area contributed by atoms with Gasteiger partial charge in [-0.1, -0.05) is 11.8 Å². The van der Waals surface area contributed by atoms with Gasteiger partial charge in [-0.25, -0.2) is 0 Å². The van der Waals surface area contributed by atoms with E-state index < -0.39 is 0 Å². The molecule has 1 fully saturated rings. The minimum Gasteiger partial charge on any atom is -0.379 e. The first-order valence-corrected chi connectivity index (χ1v) is 7.50. The molecule has 1 aliphatic rings. The number of amides is 1. The molecule has 1 saturated heterocycles. The Balaban J connectivity index is 2.19. The van der Waals surface area contributed by atoms with Gasteiger partial charge >= 0.3 is 0 Å². The molecule has 104 valence electrons. The Kier molecular flexibility index (Phi) is 6.71. The first-order valence-electron chi connectivity index (χ1n) is 6.51. The highest BCUT2D eigenvalue weighted by Gasteiger charge is 2.29. The number of ether oxygens (including phenoxy) is 1. The van der Waals surface area contributed by atoms with Crippen molar-refractivity contribution < 1.29 is 14.3 Å². The molecule has 0 spiro atoms. The van der Waals surface area contributed by atoms with Gasteiger partial charge in [0.25, 0.3) is 0 Å². The van der Waals surface area contributed by atoms with E-state index in [1.54, 1.807) is 6.92 Å². The molecule has 0 saturated carbocycles. The summed E-state index contributed by atoms with van der Waals surface area (Å²) in [6.07, 6.45) is 1.72. The zero-order valence-electron chi connectivity index (χ0n) is 11.5. The molecule has 0 radical (unpaired) electrons. The predicted octanol–water partition coefficient (Wildman–Crippen LogP) is 1.93. The molecule has 0 N–H and O–H groups in total. The summed E-state index contributed by atoms with van der Waals surface area (Å²) in [5, 5.41) is 0.131. The molecule has 0 aromatic rings. The minimum absolute atomic E-state index is 0.131. The highest BCUT2D eigenvalue weighted by molar-refractivity contribution is 8.13. The molecule has 0 aromatic heterocycles. The smallest absolute Gasteiger partial charge is 0.222 e. The van der Waals surface area contributed by atoms with Gasteiger partial charge in [-0.3, -0.25) is 9.59 Å². The zero-order chi connectivity index (χ0) is 13.5. The van der Waals surface area contributed by atoms with Crippen molar-refractivity contribution >= 4 is 22.8 Å². The summed E-state index contributed by atoms with van der Waals surface area (Å²) >= 11 is 1.32. The average Bonchev–Trinajstić information content (AvgIpc) is 2.63. The molecule has 0 aromatic carbocycles. The maximum absolute atomic E-state index is 11.7. The molecule has 1 heterocycles. The van der Waals surface area contributed by atoms with Crippen LogP contribution in [-0.4, -0.2) is 47.5 Å². The van der Waals surface area contributed by atoms with Crippen molar-refractivity contribution in [3.8, 4) is 0 Å². The van der Waals surface area contributed by atoms with Gasteiger partial charge in [-0.15, -0.1) is 0 Å². The summed E-state index contributed by atoms with van der Waals surface area (Å²) in [5.74, 6) is 1.31. The van der Waals surface area contributed by atoms with Gasteiger partial charge in [0.1, 0.15) is 0 Å². The highest BCUT2D eigenvalue weighted by atomic mass is 32.2. The summed E-state index contributed by atoms with van der Waals surface area (Å²) in [7, 11) is 0. The van der Waals surface area contributed by atoms with Gasteiger partial charge in [0.15, 0.2) is 5.12 Å². The minimum atomic E-state index is 0.131. The summed E-state index contributed by atoms with van der Waals surface area (Å²) in [5.41, 5.74) is 0. The predicted molar refractivity (Wildman–Crippen MR) is 73.5 cm³/mol. The van der Waals surface area contributed by atoms with Crippen LogP contribution in [0.5, 0.6) is 0 Å². The first kappa shape index (κ1) is 15.5. The van der Waals surface area contributed by atoms with Crippen LogP contribution in [0.2, 0.25) is 0 Å². The van der Waals surface area contributed by atoms with Gasteiger partial charge in [0, 0.05) is 38.8 Å². The summed E-state index contributed by atoms with van der Waals surface area (Å²) in [4.78, 5) is 24.5. The fourth-order valence-corrected chi connectivity index (χ4v) is 2.69. The van der Waals surface area contributed by atoms with E-state index in [4.69, 9.17) is 4.74 Å². The van der Waals surface area contributed by atoms with Crippen LogP contribution in [0.15, 0.2) is 0 Å². The number of thioether (sulfide) groups is 1.